The fraction of sp³-hybridized carbons (Fsp3) is 0.600. The molecule has 0 aliphatic rings. The summed E-state index contributed by atoms with van der Waals surface area (Å²) in [6, 6.07) is 0. The molecule has 0 spiro atoms. The van der Waals surface area contributed by atoms with Crippen LogP contribution in [-0.4, -0.2) is 58.5 Å². The van der Waals surface area contributed by atoms with Crippen LogP contribution >= 0.6 is 0 Å². The number of hydrogen-bond donors (Lipinski definition) is 1. The Bertz CT molecular complexity index is 349. The summed E-state index contributed by atoms with van der Waals surface area (Å²) in [5.41, 5.74) is -0.265. The molecule has 0 rings (SSSR count). The molecule has 0 aromatic heterocycles. The van der Waals surface area contributed by atoms with Crippen molar-refractivity contribution in [1.29, 1.82) is 0 Å². The zero-order valence-corrected chi connectivity index (χ0v) is 12.8. The Morgan fingerprint density at radius 1 is 1.15 bits per heavy atom. The molecule has 0 heterocycles. The van der Waals surface area contributed by atoms with E-state index in [2.05, 4.69) is 13.2 Å². The van der Waals surface area contributed by atoms with E-state index < -0.39 is 5.97 Å². The van der Waals surface area contributed by atoms with Crippen LogP contribution in [0.15, 0.2) is 25.3 Å². The first kappa shape index (κ1) is 18.4. The largest absolute Gasteiger partial charge is 0.481 e. The second kappa shape index (κ2) is 8.53. The van der Waals surface area contributed by atoms with E-state index in [1.54, 1.807) is 17.1 Å². The van der Waals surface area contributed by atoms with Crippen LogP contribution in [0.2, 0.25) is 0 Å². The van der Waals surface area contributed by atoms with Gasteiger partial charge in [0.25, 0.3) is 0 Å². The molecule has 0 aliphatic carbocycles. The predicted octanol–water partition coefficient (Wildman–Crippen LogP) is 1.76. The highest BCUT2D eigenvalue weighted by Crippen LogP contribution is 2.14. The van der Waals surface area contributed by atoms with Crippen LogP contribution in [0.5, 0.6) is 0 Å². The Morgan fingerprint density at radius 2 is 1.65 bits per heavy atom. The van der Waals surface area contributed by atoms with Gasteiger partial charge in [0.2, 0.25) is 5.91 Å². The third-order valence-electron chi connectivity index (χ3n) is 2.92. The molecule has 0 aliphatic heterocycles. The fourth-order valence-electron chi connectivity index (χ4n) is 1.74. The van der Waals surface area contributed by atoms with Crippen LogP contribution in [-0.2, 0) is 9.59 Å². The zero-order chi connectivity index (χ0) is 15.8. The quantitative estimate of drug-likeness (QED) is 0.655. The Hall–Kier alpha value is -1.62. The molecular formula is C15H26N2O3. The van der Waals surface area contributed by atoms with Crippen LogP contribution in [0.25, 0.3) is 0 Å². The summed E-state index contributed by atoms with van der Waals surface area (Å²) in [6.45, 7) is 14.6. The van der Waals surface area contributed by atoms with Gasteiger partial charge >= 0.3 is 5.97 Å². The van der Waals surface area contributed by atoms with Crippen LogP contribution in [0, 0.1) is 0 Å². The maximum absolute atomic E-state index is 12.3. The van der Waals surface area contributed by atoms with Gasteiger partial charge in [-0.15, -0.1) is 13.2 Å². The number of aliphatic carboxylic acids is 1. The Morgan fingerprint density at radius 3 is 2.00 bits per heavy atom. The Kier molecular flexibility index (Phi) is 7.84. The molecule has 0 atom stereocenters. The number of amides is 1. The van der Waals surface area contributed by atoms with Gasteiger partial charge in [-0.3, -0.25) is 14.5 Å². The second-order valence-electron chi connectivity index (χ2n) is 5.61. The molecule has 0 saturated carbocycles. The first-order chi connectivity index (χ1) is 9.22. The average molecular weight is 282 g/mol. The maximum atomic E-state index is 12.3. The van der Waals surface area contributed by atoms with E-state index in [9.17, 15) is 9.59 Å². The van der Waals surface area contributed by atoms with Crippen molar-refractivity contribution in [3.63, 3.8) is 0 Å². The third kappa shape index (κ3) is 7.09. The van der Waals surface area contributed by atoms with Gasteiger partial charge in [0.1, 0.15) is 0 Å². The van der Waals surface area contributed by atoms with Crippen molar-refractivity contribution in [2.75, 3.05) is 26.2 Å². The van der Waals surface area contributed by atoms with Gasteiger partial charge in [-0.2, -0.15) is 0 Å². The molecule has 0 saturated heterocycles. The summed E-state index contributed by atoms with van der Waals surface area (Å²) in [4.78, 5) is 26.5. The molecular weight excluding hydrogens is 256 g/mol. The SMILES string of the molecule is C=CCN(CC=C)C(=O)CN(CCC(=O)O)C(C)(C)C. The number of carbonyl (C=O) groups excluding carboxylic acids is 1. The van der Waals surface area contributed by atoms with E-state index in [4.69, 9.17) is 5.11 Å². The van der Waals surface area contributed by atoms with Crippen molar-refractivity contribution in [1.82, 2.24) is 9.80 Å². The molecule has 0 unspecified atom stereocenters. The zero-order valence-electron chi connectivity index (χ0n) is 12.8. The van der Waals surface area contributed by atoms with E-state index in [1.165, 1.54) is 0 Å². The normalized spacial score (nSPS) is 11.2. The lowest BCUT2D eigenvalue weighted by Gasteiger charge is -2.36. The average Bonchev–Trinajstić information content (AvgIpc) is 2.32. The summed E-state index contributed by atoms with van der Waals surface area (Å²) in [5, 5.41) is 8.79. The van der Waals surface area contributed by atoms with E-state index in [-0.39, 0.29) is 24.4 Å². The van der Waals surface area contributed by atoms with Gasteiger partial charge in [-0.25, -0.2) is 0 Å². The monoisotopic (exact) mass is 282 g/mol. The van der Waals surface area contributed by atoms with Gasteiger partial charge in [0.05, 0.1) is 13.0 Å². The number of carboxylic acids is 1. The minimum Gasteiger partial charge on any atom is -0.481 e. The Balaban J connectivity index is 4.76. The third-order valence-corrected chi connectivity index (χ3v) is 2.92. The molecule has 0 fully saturated rings. The van der Waals surface area contributed by atoms with E-state index in [0.717, 1.165) is 0 Å². The van der Waals surface area contributed by atoms with Gasteiger partial charge in [-0.05, 0) is 20.8 Å². The Labute approximate surface area is 121 Å². The van der Waals surface area contributed by atoms with E-state index in [1.807, 2.05) is 25.7 Å². The molecule has 5 heteroatoms. The number of rotatable bonds is 9. The molecule has 5 nitrogen and oxygen atoms in total. The smallest absolute Gasteiger partial charge is 0.304 e. The summed E-state index contributed by atoms with van der Waals surface area (Å²) in [6.07, 6.45) is 3.35. The predicted molar refractivity (Wildman–Crippen MR) is 80.6 cm³/mol. The van der Waals surface area contributed by atoms with Crippen LogP contribution in [0.3, 0.4) is 0 Å². The van der Waals surface area contributed by atoms with Crippen molar-refractivity contribution < 1.29 is 14.7 Å². The topological polar surface area (TPSA) is 60.9 Å². The van der Waals surface area contributed by atoms with Gasteiger partial charge in [0, 0.05) is 25.2 Å². The van der Waals surface area contributed by atoms with E-state index in [0.29, 0.717) is 19.6 Å². The molecule has 0 aromatic rings. The molecule has 20 heavy (non-hydrogen) atoms. The fourth-order valence-corrected chi connectivity index (χ4v) is 1.74. The first-order valence-corrected chi connectivity index (χ1v) is 6.68. The lowest BCUT2D eigenvalue weighted by atomic mass is 10.1. The number of hydrogen-bond acceptors (Lipinski definition) is 3. The summed E-state index contributed by atoms with van der Waals surface area (Å²) in [7, 11) is 0. The van der Waals surface area contributed by atoms with Crippen molar-refractivity contribution in [3.05, 3.63) is 25.3 Å². The maximum Gasteiger partial charge on any atom is 0.304 e. The number of carbonyl (C=O) groups is 2. The summed E-state index contributed by atoms with van der Waals surface area (Å²) in [5.74, 6) is -0.911. The van der Waals surface area contributed by atoms with Crippen LogP contribution in [0.4, 0.5) is 0 Å². The highest BCUT2D eigenvalue weighted by molar-refractivity contribution is 5.78. The van der Waals surface area contributed by atoms with Crippen molar-refractivity contribution in [3.8, 4) is 0 Å². The molecule has 0 radical (unpaired) electrons. The summed E-state index contributed by atoms with van der Waals surface area (Å²) < 4.78 is 0. The highest BCUT2D eigenvalue weighted by atomic mass is 16.4. The molecule has 1 N–H and O–H groups in total. The minimum atomic E-state index is -0.860. The number of nitrogens with zero attached hydrogens (tertiary/aromatic N) is 2. The highest BCUT2D eigenvalue weighted by Gasteiger charge is 2.25. The first-order valence-electron chi connectivity index (χ1n) is 6.68. The second-order valence-corrected chi connectivity index (χ2v) is 5.61. The summed E-state index contributed by atoms with van der Waals surface area (Å²) >= 11 is 0. The van der Waals surface area contributed by atoms with Gasteiger partial charge in [-0.1, -0.05) is 12.2 Å². The minimum absolute atomic E-state index is 0.0213. The van der Waals surface area contributed by atoms with Crippen LogP contribution in [0.1, 0.15) is 27.2 Å². The lowest BCUT2D eigenvalue weighted by molar-refractivity contribution is -0.139. The number of carboxylic acid groups (broad SMARTS) is 1. The van der Waals surface area contributed by atoms with Gasteiger partial charge in [0.15, 0.2) is 0 Å². The van der Waals surface area contributed by atoms with Gasteiger partial charge < -0.3 is 10.0 Å². The lowest BCUT2D eigenvalue weighted by Crippen LogP contribution is -2.49. The van der Waals surface area contributed by atoms with E-state index >= 15 is 0 Å². The molecule has 114 valence electrons. The molecule has 0 bridgehead atoms. The van der Waals surface area contributed by atoms with Crippen LogP contribution < -0.4 is 0 Å². The molecule has 1 amide bonds. The van der Waals surface area contributed by atoms with Crippen molar-refractivity contribution in [2.45, 2.75) is 32.7 Å². The standard InChI is InChI=1S/C15H26N2O3/c1-6-9-16(10-7-2)13(18)12-17(15(3,4)5)11-8-14(19)20/h6-7H,1-2,8-12H2,3-5H3,(H,19,20). The van der Waals surface area contributed by atoms with Crippen molar-refractivity contribution >= 4 is 11.9 Å². The van der Waals surface area contributed by atoms with Crippen molar-refractivity contribution in [2.24, 2.45) is 0 Å². The molecule has 0 aromatic carbocycles.